The first-order valence-electron chi connectivity index (χ1n) is 9.92. The van der Waals surface area contributed by atoms with Gasteiger partial charge in [0.25, 0.3) is 5.91 Å². The van der Waals surface area contributed by atoms with Crippen LogP contribution >= 0.6 is 0 Å². The lowest BCUT2D eigenvalue weighted by atomic mass is 10.1. The second-order valence-corrected chi connectivity index (χ2v) is 9.02. The van der Waals surface area contributed by atoms with E-state index in [1.807, 2.05) is 62.4 Å². The van der Waals surface area contributed by atoms with Crippen LogP contribution in [0.1, 0.15) is 29.7 Å². The molecule has 0 saturated heterocycles. The molecule has 0 fully saturated rings. The first kappa shape index (κ1) is 22.5. The van der Waals surface area contributed by atoms with Crippen molar-refractivity contribution in [2.45, 2.75) is 31.7 Å². The molecule has 0 aliphatic carbocycles. The molecule has 2 N–H and O–H groups in total. The molecule has 1 atom stereocenters. The molecule has 0 bridgehead atoms. The first-order valence-corrected chi connectivity index (χ1v) is 11.4. The lowest BCUT2D eigenvalue weighted by Crippen LogP contribution is -2.26. The number of amides is 1. The molecule has 162 valence electrons. The van der Waals surface area contributed by atoms with Crippen LogP contribution in [0.5, 0.6) is 5.75 Å². The number of nitrogens with one attached hydrogen (secondary N) is 2. The van der Waals surface area contributed by atoms with Gasteiger partial charge >= 0.3 is 0 Å². The van der Waals surface area contributed by atoms with Gasteiger partial charge in [-0.1, -0.05) is 42.5 Å². The van der Waals surface area contributed by atoms with E-state index in [4.69, 9.17) is 4.74 Å². The van der Waals surface area contributed by atoms with E-state index < -0.39 is 10.0 Å². The van der Waals surface area contributed by atoms with Crippen LogP contribution in [-0.4, -0.2) is 20.9 Å². The van der Waals surface area contributed by atoms with E-state index in [1.54, 1.807) is 6.92 Å². The SMILES string of the molecule is Cc1cccc(NC(=O)COc2ccc(S(=O)(=O)N[C@H](C)c3ccccc3)cc2)c1C. The summed E-state index contributed by atoms with van der Waals surface area (Å²) in [4.78, 5) is 12.3. The Morgan fingerprint density at radius 3 is 2.29 bits per heavy atom. The van der Waals surface area contributed by atoms with Crippen molar-refractivity contribution in [3.63, 3.8) is 0 Å². The zero-order chi connectivity index (χ0) is 22.4. The molecule has 0 aliphatic heterocycles. The predicted octanol–water partition coefficient (Wildman–Crippen LogP) is 4.36. The van der Waals surface area contributed by atoms with Crippen LogP contribution in [0.3, 0.4) is 0 Å². The Kier molecular flexibility index (Phi) is 7.09. The Morgan fingerprint density at radius 2 is 1.61 bits per heavy atom. The van der Waals surface area contributed by atoms with Crippen molar-refractivity contribution in [3.8, 4) is 5.75 Å². The highest BCUT2D eigenvalue weighted by atomic mass is 32.2. The van der Waals surface area contributed by atoms with Gasteiger partial charge in [-0.2, -0.15) is 0 Å². The Bertz CT molecular complexity index is 1140. The van der Waals surface area contributed by atoms with Gasteiger partial charge in [0.15, 0.2) is 6.61 Å². The third-order valence-electron chi connectivity index (χ3n) is 5.01. The maximum Gasteiger partial charge on any atom is 0.262 e. The van der Waals surface area contributed by atoms with E-state index in [2.05, 4.69) is 10.0 Å². The van der Waals surface area contributed by atoms with Crippen LogP contribution in [0.25, 0.3) is 0 Å². The van der Waals surface area contributed by atoms with E-state index in [-0.39, 0.29) is 23.5 Å². The van der Waals surface area contributed by atoms with Gasteiger partial charge in [-0.05, 0) is 67.8 Å². The standard InChI is InChI=1S/C24H26N2O4S/c1-17-8-7-11-23(18(17)2)25-24(27)16-30-21-12-14-22(15-13-21)31(28,29)26-19(3)20-9-5-4-6-10-20/h4-15,19,26H,16H2,1-3H3,(H,25,27)/t19-/m1/s1. The topological polar surface area (TPSA) is 84.5 Å². The van der Waals surface area contributed by atoms with Crippen molar-refractivity contribution in [2.75, 3.05) is 11.9 Å². The highest BCUT2D eigenvalue weighted by molar-refractivity contribution is 7.89. The second kappa shape index (κ2) is 9.76. The van der Waals surface area contributed by atoms with Crippen molar-refractivity contribution >= 4 is 21.6 Å². The minimum atomic E-state index is -3.69. The Hall–Kier alpha value is -3.16. The summed E-state index contributed by atoms with van der Waals surface area (Å²) in [5, 5.41) is 2.82. The largest absolute Gasteiger partial charge is 0.484 e. The van der Waals surface area contributed by atoms with Gasteiger partial charge in [-0.3, -0.25) is 4.79 Å². The minimum Gasteiger partial charge on any atom is -0.484 e. The fourth-order valence-electron chi connectivity index (χ4n) is 3.05. The number of rotatable bonds is 8. The third kappa shape index (κ3) is 5.93. The number of ether oxygens (including phenoxy) is 1. The van der Waals surface area contributed by atoms with Gasteiger partial charge in [0.2, 0.25) is 10.0 Å². The van der Waals surface area contributed by atoms with Gasteiger partial charge in [-0.25, -0.2) is 13.1 Å². The number of carbonyl (C=O) groups is 1. The van der Waals surface area contributed by atoms with E-state index in [0.717, 1.165) is 22.4 Å². The van der Waals surface area contributed by atoms with Crippen molar-refractivity contribution in [1.82, 2.24) is 4.72 Å². The average molecular weight is 439 g/mol. The van der Waals surface area contributed by atoms with Crippen LogP contribution in [0.15, 0.2) is 77.7 Å². The summed E-state index contributed by atoms with van der Waals surface area (Å²) in [5.74, 6) is 0.120. The maximum absolute atomic E-state index is 12.6. The Labute approximate surface area is 183 Å². The molecular weight excluding hydrogens is 412 g/mol. The van der Waals surface area contributed by atoms with Crippen LogP contribution in [0.2, 0.25) is 0 Å². The molecule has 0 aliphatic rings. The lowest BCUT2D eigenvalue weighted by molar-refractivity contribution is -0.118. The molecule has 0 spiro atoms. The summed E-state index contributed by atoms with van der Waals surface area (Å²) in [5.41, 5.74) is 3.71. The summed E-state index contributed by atoms with van der Waals surface area (Å²) in [6.07, 6.45) is 0. The molecule has 6 nitrogen and oxygen atoms in total. The van der Waals surface area contributed by atoms with Gasteiger partial charge in [0, 0.05) is 11.7 Å². The fourth-order valence-corrected chi connectivity index (χ4v) is 4.28. The summed E-state index contributed by atoms with van der Waals surface area (Å²) in [6.45, 7) is 5.53. The first-order chi connectivity index (χ1) is 14.8. The van der Waals surface area contributed by atoms with Crippen LogP contribution in [0, 0.1) is 13.8 Å². The quantitative estimate of drug-likeness (QED) is 0.547. The molecule has 7 heteroatoms. The molecule has 3 aromatic rings. The van der Waals surface area contributed by atoms with Crippen molar-refractivity contribution in [2.24, 2.45) is 0 Å². The zero-order valence-electron chi connectivity index (χ0n) is 17.8. The lowest BCUT2D eigenvalue weighted by Gasteiger charge is -2.15. The predicted molar refractivity (Wildman–Crippen MR) is 122 cm³/mol. The Morgan fingerprint density at radius 1 is 0.935 bits per heavy atom. The highest BCUT2D eigenvalue weighted by Crippen LogP contribution is 2.20. The number of hydrogen-bond donors (Lipinski definition) is 2. The summed E-state index contributed by atoms with van der Waals surface area (Å²) >= 11 is 0. The van der Waals surface area contributed by atoms with Crippen LogP contribution in [0.4, 0.5) is 5.69 Å². The van der Waals surface area contributed by atoms with Gasteiger partial charge in [0.1, 0.15) is 5.75 Å². The number of aryl methyl sites for hydroxylation is 1. The summed E-state index contributed by atoms with van der Waals surface area (Å²) in [7, 11) is -3.69. The van der Waals surface area contributed by atoms with E-state index >= 15 is 0 Å². The molecule has 3 rings (SSSR count). The summed E-state index contributed by atoms with van der Waals surface area (Å²) in [6, 6.07) is 20.7. The summed E-state index contributed by atoms with van der Waals surface area (Å²) < 4.78 is 33.4. The maximum atomic E-state index is 12.6. The molecule has 0 unspecified atom stereocenters. The number of hydrogen-bond acceptors (Lipinski definition) is 4. The van der Waals surface area contributed by atoms with Crippen LogP contribution < -0.4 is 14.8 Å². The molecule has 0 saturated carbocycles. The monoisotopic (exact) mass is 438 g/mol. The number of carbonyl (C=O) groups excluding carboxylic acids is 1. The van der Waals surface area contributed by atoms with Gasteiger partial charge in [-0.15, -0.1) is 0 Å². The van der Waals surface area contributed by atoms with Crippen molar-refractivity contribution in [3.05, 3.63) is 89.5 Å². The molecule has 0 aromatic heterocycles. The number of benzene rings is 3. The second-order valence-electron chi connectivity index (χ2n) is 7.31. The highest BCUT2D eigenvalue weighted by Gasteiger charge is 2.18. The number of sulfonamides is 1. The molecule has 0 heterocycles. The molecule has 1 amide bonds. The minimum absolute atomic E-state index is 0.127. The zero-order valence-corrected chi connectivity index (χ0v) is 18.6. The third-order valence-corrected chi connectivity index (χ3v) is 6.57. The van der Waals surface area contributed by atoms with Crippen molar-refractivity contribution < 1.29 is 17.9 Å². The normalized spacial score (nSPS) is 12.2. The van der Waals surface area contributed by atoms with E-state index in [9.17, 15) is 13.2 Å². The Balaban J connectivity index is 1.58. The van der Waals surface area contributed by atoms with Crippen molar-refractivity contribution in [1.29, 1.82) is 0 Å². The molecule has 0 radical (unpaired) electrons. The van der Waals surface area contributed by atoms with Gasteiger partial charge in [0.05, 0.1) is 4.90 Å². The average Bonchev–Trinajstić information content (AvgIpc) is 2.76. The van der Waals surface area contributed by atoms with Gasteiger partial charge < -0.3 is 10.1 Å². The molecule has 3 aromatic carbocycles. The van der Waals surface area contributed by atoms with E-state index in [1.165, 1.54) is 24.3 Å². The smallest absolute Gasteiger partial charge is 0.262 e. The van der Waals surface area contributed by atoms with Crippen LogP contribution in [-0.2, 0) is 14.8 Å². The fraction of sp³-hybridized carbons (Fsp3) is 0.208. The number of anilines is 1. The molecule has 31 heavy (non-hydrogen) atoms. The van der Waals surface area contributed by atoms with E-state index in [0.29, 0.717) is 5.75 Å². The molecular formula is C24H26N2O4S.